The van der Waals surface area contributed by atoms with Crippen LogP contribution in [-0.4, -0.2) is 65.1 Å². The molecule has 158 valence electrons. The van der Waals surface area contributed by atoms with Crippen molar-refractivity contribution in [2.75, 3.05) is 33.3 Å². The van der Waals surface area contributed by atoms with E-state index in [0.29, 0.717) is 53.9 Å². The zero-order valence-electron chi connectivity index (χ0n) is 17.0. The molecule has 2 amide bonds. The van der Waals surface area contributed by atoms with Crippen LogP contribution >= 0.6 is 11.6 Å². The van der Waals surface area contributed by atoms with E-state index in [4.69, 9.17) is 16.3 Å². The third kappa shape index (κ3) is 4.51. The van der Waals surface area contributed by atoms with Gasteiger partial charge in [0.05, 0.1) is 23.4 Å². The Morgan fingerprint density at radius 2 is 1.58 bits per heavy atom. The summed E-state index contributed by atoms with van der Waals surface area (Å²) in [5, 5.41) is 8.56. The van der Waals surface area contributed by atoms with Gasteiger partial charge in [0.25, 0.3) is 11.8 Å². The van der Waals surface area contributed by atoms with Crippen LogP contribution in [0.2, 0.25) is 5.02 Å². The Morgan fingerprint density at radius 1 is 0.871 bits per heavy atom. The zero-order valence-corrected chi connectivity index (χ0v) is 17.7. The minimum Gasteiger partial charge on any atom is -0.480 e. The second kappa shape index (κ2) is 9.14. The third-order valence-electron chi connectivity index (χ3n) is 5.21. The van der Waals surface area contributed by atoms with Crippen molar-refractivity contribution in [2.24, 2.45) is 0 Å². The van der Waals surface area contributed by atoms with Gasteiger partial charge in [-0.1, -0.05) is 35.9 Å². The monoisotopic (exact) mass is 436 g/mol. The van der Waals surface area contributed by atoms with Gasteiger partial charge < -0.3 is 14.5 Å². The maximum atomic E-state index is 13.0. The number of hydrogen-bond donors (Lipinski definition) is 0. The van der Waals surface area contributed by atoms with E-state index in [-0.39, 0.29) is 11.8 Å². The summed E-state index contributed by atoms with van der Waals surface area (Å²) in [6.07, 6.45) is 0. The molecule has 1 aliphatic rings. The molecule has 0 bridgehead atoms. The smallest absolute Gasteiger partial charge is 0.255 e. The van der Waals surface area contributed by atoms with Crippen LogP contribution in [0, 0.1) is 0 Å². The topological polar surface area (TPSA) is 75.6 Å². The Labute approximate surface area is 185 Å². The van der Waals surface area contributed by atoms with E-state index in [9.17, 15) is 9.59 Å². The van der Waals surface area contributed by atoms with Crippen LogP contribution in [-0.2, 0) is 0 Å². The molecule has 0 saturated carbocycles. The van der Waals surface area contributed by atoms with E-state index in [1.165, 1.54) is 7.11 Å². The lowest BCUT2D eigenvalue weighted by atomic mass is 10.1. The fraction of sp³-hybridized carbons (Fsp3) is 0.217. The molecule has 2 aromatic carbocycles. The average molecular weight is 437 g/mol. The molecule has 0 unspecified atom stereocenters. The summed E-state index contributed by atoms with van der Waals surface area (Å²) < 4.78 is 5.04. The van der Waals surface area contributed by atoms with Crippen molar-refractivity contribution in [3.63, 3.8) is 0 Å². The molecule has 1 saturated heterocycles. The normalized spacial score (nSPS) is 13.7. The van der Waals surface area contributed by atoms with Crippen LogP contribution in [0.1, 0.15) is 20.7 Å². The molecule has 1 fully saturated rings. The molecular formula is C23H21ClN4O3. The van der Waals surface area contributed by atoms with Crippen LogP contribution in [0.15, 0.2) is 60.7 Å². The molecule has 0 radical (unpaired) electrons. The fourth-order valence-electron chi connectivity index (χ4n) is 3.49. The first-order chi connectivity index (χ1) is 15.1. The second-order valence-electron chi connectivity index (χ2n) is 7.11. The van der Waals surface area contributed by atoms with Gasteiger partial charge in [-0.2, -0.15) is 0 Å². The average Bonchev–Trinajstić information content (AvgIpc) is 2.84. The Bertz CT molecular complexity index is 1100. The molecule has 4 rings (SSSR count). The Morgan fingerprint density at radius 3 is 2.23 bits per heavy atom. The number of rotatable bonds is 4. The molecule has 7 nitrogen and oxygen atoms in total. The van der Waals surface area contributed by atoms with Crippen molar-refractivity contribution in [1.29, 1.82) is 0 Å². The summed E-state index contributed by atoms with van der Waals surface area (Å²) in [6, 6.07) is 17.8. The van der Waals surface area contributed by atoms with Gasteiger partial charge in [0.2, 0.25) is 5.88 Å². The molecule has 0 atom stereocenters. The Hall–Kier alpha value is -3.45. The first-order valence-electron chi connectivity index (χ1n) is 9.88. The first-order valence-corrected chi connectivity index (χ1v) is 10.3. The summed E-state index contributed by atoms with van der Waals surface area (Å²) in [7, 11) is 1.53. The van der Waals surface area contributed by atoms with E-state index >= 15 is 0 Å². The molecule has 1 aromatic heterocycles. The maximum absolute atomic E-state index is 13.0. The molecule has 1 aliphatic heterocycles. The molecule has 0 aliphatic carbocycles. The number of nitrogens with zero attached hydrogens (tertiary/aromatic N) is 4. The van der Waals surface area contributed by atoms with Gasteiger partial charge in [-0.15, -0.1) is 10.2 Å². The van der Waals surface area contributed by atoms with Crippen LogP contribution in [0.3, 0.4) is 0 Å². The lowest BCUT2D eigenvalue weighted by Gasteiger charge is -2.35. The van der Waals surface area contributed by atoms with Crippen molar-refractivity contribution in [2.45, 2.75) is 0 Å². The highest BCUT2D eigenvalue weighted by atomic mass is 35.5. The molecular weight excluding hydrogens is 416 g/mol. The van der Waals surface area contributed by atoms with E-state index in [0.717, 1.165) is 5.56 Å². The van der Waals surface area contributed by atoms with E-state index in [1.807, 2.05) is 12.1 Å². The van der Waals surface area contributed by atoms with Gasteiger partial charge in [0.1, 0.15) is 0 Å². The number of hydrogen-bond acceptors (Lipinski definition) is 5. The van der Waals surface area contributed by atoms with Crippen LogP contribution in [0.25, 0.3) is 11.3 Å². The van der Waals surface area contributed by atoms with Gasteiger partial charge in [-0.25, -0.2) is 0 Å². The number of piperazine rings is 1. The van der Waals surface area contributed by atoms with Crippen LogP contribution in [0.4, 0.5) is 0 Å². The van der Waals surface area contributed by atoms with Crippen molar-refractivity contribution in [3.8, 4) is 17.1 Å². The lowest BCUT2D eigenvalue weighted by Crippen LogP contribution is -2.50. The molecule has 0 N–H and O–H groups in total. The van der Waals surface area contributed by atoms with Gasteiger partial charge in [-0.05, 0) is 30.3 Å². The summed E-state index contributed by atoms with van der Waals surface area (Å²) in [6.45, 7) is 1.84. The van der Waals surface area contributed by atoms with E-state index in [1.54, 1.807) is 58.3 Å². The highest BCUT2D eigenvalue weighted by Gasteiger charge is 2.26. The quantitative estimate of drug-likeness (QED) is 0.626. The minimum atomic E-state index is -0.113. The first kappa shape index (κ1) is 20.8. The molecule has 8 heteroatoms. The zero-order chi connectivity index (χ0) is 21.8. The molecule has 31 heavy (non-hydrogen) atoms. The maximum Gasteiger partial charge on any atom is 0.255 e. The number of aromatic nitrogens is 2. The Kier molecular flexibility index (Phi) is 6.13. The fourth-order valence-corrected chi connectivity index (χ4v) is 3.71. The Balaban J connectivity index is 1.43. The number of carbonyl (C=O) groups excluding carboxylic acids is 2. The van der Waals surface area contributed by atoms with E-state index < -0.39 is 0 Å². The predicted octanol–water partition coefficient (Wildman–Crippen LogP) is 3.40. The predicted molar refractivity (Wildman–Crippen MR) is 117 cm³/mol. The molecule has 3 aromatic rings. The second-order valence-corrected chi connectivity index (χ2v) is 7.51. The molecule has 0 spiro atoms. The lowest BCUT2D eigenvalue weighted by molar-refractivity contribution is 0.0535. The standard InChI is InChI=1S/C23H21ClN4O3/c1-31-21-10-9-20(25-26-21)16-5-4-6-17(15-16)22(29)27-11-13-28(14-12-27)23(30)18-7-2-3-8-19(18)24/h2-10,15H,11-14H2,1H3. The summed E-state index contributed by atoms with van der Waals surface area (Å²) >= 11 is 6.15. The minimum absolute atomic E-state index is 0.0758. The summed E-state index contributed by atoms with van der Waals surface area (Å²) in [5.74, 6) is 0.242. The highest BCUT2D eigenvalue weighted by Crippen LogP contribution is 2.21. The van der Waals surface area contributed by atoms with Gasteiger partial charge in [0.15, 0.2) is 0 Å². The number of amides is 2. The number of halogens is 1. The van der Waals surface area contributed by atoms with Crippen molar-refractivity contribution >= 4 is 23.4 Å². The van der Waals surface area contributed by atoms with Crippen molar-refractivity contribution < 1.29 is 14.3 Å². The summed E-state index contributed by atoms with van der Waals surface area (Å²) in [5.41, 5.74) is 2.51. The van der Waals surface area contributed by atoms with Gasteiger partial charge in [-0.3, -0.25) is 9.59 Å². The third-order valence-corrected chi connectivity index (χ3v) is 5.54. The number of benzene rings is 2. The van der Waals surface area contributed by atoms with Gasteiger partial charge >= 0.3 is 0 Å². The van der Waals surface area contributed by atoms with Crippen molar-refractivity contribution in [1.82, 2.24) is 20.0 Å². The van der Waals surface area contributed by atoms with Crippen molar-refractivity contribution in [3.05, 3.63) is 76.8 Å². The van der Waals surface area contributed by atoms with Crippen LogP contribution in [0.5, 0.6) is 5.88 Å². The molecule has 2 heterocycles. The van der Waals surface area contributed by atoms with E-state index in [2.05, 4.69) is 10.2 Å². The highest BCUT2D eigenvalue weighted by molar-refractivity contribution is 6.33. The van der Waals surface area contributed by atoms with Crippen LogP contribution < -0.4 is 4.74 Å². The summed E-state index contributed by atoms with van der Waals surface area (Å²) in [4.78, 5) is 29.2. The number of carbonyl (C=O) groups is 2. The van der Waals surface area contributed by atoms with Gasteiger partial charge in [0, 0.05) is 43.4 Å². The number of methoxy groups -OCH3 is 1. The number of ether oxygens (including phenoxy) is 1. The largest absolute Gasteiger partial charge is 0.480 e. The SMILES string of the molecule is COc1ccc(-c2cccc(C(=O)N3CCN(C(=O)c4ccccc4Cl)CC3)c2)nn1.